The molecule has 0 aliphatic carbocycles. The van der Waals surface area contributed by atoms with Crippen LogP contribution >= 0.6 is 11.8 Å². The van der Waals surface area contributed by atoms with E-state index in [1.165, 1.54) is 11.1 Å². The van der Waals surface area contributed by atoms with E-state index < -0.39 is 0 Å². The van der Waals surface area contributed by atoms with Crippen LogP contribution in [-0.4, -0.2) is 16.5 Å². The van der Waals surface area contributed by atoms with Crippen LogP contribution in [0.5, 0.6) is 0 Å². The molecule has 1 N–H and O–H groups in total. The number of benzene rings is 1. The summed E-state index contributed by atoms with van der Waals surface area (Å²) in [6.45, 7) is 9.59. The van der Waals surface area contributed by atoms with E-state index in [0.29, 0.717) is 0 Å². The molecule has 0 saturated carbocycles. The molecule has 1 aliphatic heterocycles. The van der Waals surface area contributed by atoms with Crippen molar-refractivity contribution in [3.63, 3.8) is 0 Å². The number of hydrogen-bond acceptors (Lipinski definition) is 3. The summed E-state index contributed by atoms with van der Waals surface area (Å²) < 4.78 is 0.238. The van der Waals surface area contributed by atoms with Crippen molar-refractivity contribution in [1.29, 1.82) is 0 Å². The third-order valence-corrected chi connectivity index (χ3v) is 3.84. The quantitative estimate of drug-likeness (QED) is 0.803. The molecular weight excluding hydrogens is 216 g/mol. The highest BCUT2D eigenvalue weighted by Crippen LogP contribution is 2.32. The number of nitrogens with one attached hydrogen (secondary N) is 1. The van der Waals surface area contributed by atoms with Crippen LogP contribution in [0, 0.1) is 13.8 Å². The van der Waals surface area contributed by atoms with E-state index in [9.17, 15) is 0 Å². The largest absolute Gasteiger partial charge is 0.335 e. The van der Waals surface area contributed by atoms with Gasteiger partial charge in [-0.15, -0.1) is 0 Å². The lowest BCUT2D eigenvalue weighted by Crippen LogP contribution is -2.16. The van der Waals surface area contributed by atoms with E-state index in [1.54, 1.807) is 0 Å². The average molecular weight is 234 g/mol. The molecule has 0 bridgehead atoms. The van der Waals surface area contributed by atoms with Crippen molar-refractivity contribution >= 4 is 22.6 Å². The number of thioether (sulfide) groups is 1. The SMILES string of the molecule is Cc1ccc(NC2=NCC(C)(C)S2)cc1C. The van der Waals surface area contributed by atoms with Crippen LogP contribution < -0.4 is 5.32 Å². The fourth-order valence-corrected chi connectivity index (χ4v) is 2.55. The molecule has 2 rings (SSSR count). The smallest absolute Gasteiger partial charge is 0.161 e. The van der Waals surface area contributed by atoms with Gasteiger partial charge in [-0.3, -0.25) is 4.99 Å². The van der Waals surface area contributed by atoms with E-state index in [2.05, 4.69) is 56.2 Å². The fraction of sp³-hybridized carbons (Fsp3) is 0.462. The zero-order valence-electron chi connectivity index (χ0n) is 10.3. The number of anilines is 1. The Hall–Kier alpha value is -0.960. The third-order valence-electron chi connectivity index (χ3n) is 2.73. The molecule has 0 aromatic heterocycles. The van der Waals surface area contributed by atoms with E-state index in [1.807, 2.05) is 11.8 Å². The van der Waals surface area contributed by atoms with E-state index in [-0.39, 0.29) is 4.75 Å². The van der Waals surface area contributed by atoms with Crippen LogP contribution in [0.15, 0.2) is 23.2 Å². The second-order valence-electron chi connectivity index (χ2n) is 4.91. The van der Waals surface area contributed by atoms with Crippen molar-refractivity contribution < 1.29 is 0 Å². The molecule has 16 heavy (non-hydrogen) atoms. The maximum absolute atomic E-state index is 4.50. The van der Waals surface area contributed by atoms with Gasteiger partial charge in [0.15, 0.2) is 5.17 Å². The highest BCUT2D eigenvalue weighted by molar-refractivity contribution is 8.15. The highest BCUT2D eigenvalue weighted by Gasteiger charge is 2.27. The molecule has 0 amide bonds. The topological polar surface area (TPSA) is 24.4 Å². The van der Waals surface area contributed by atoms with E-state index in [0.717, 1.165) is 17.4 Å². The Morgan fingerprint density at radius 2 is 2.00 bits per heavy atom. The second-order valence-corrected chi connectivity index (χ2v) is 6.60. The molecule has 0 atom stereocenters. The summed E-state index contributed by atoms with van der Waals surface area (Å²) in [6, 6.07) is 6.42. The summed E-state index contributed by atoms with van der Waals surface area (Å²) in [6.07, 6.45) is 0. The minimum absolute atomic E-state index is 0.238. The number of aliphatic imine (C=N–C) groups is 1. The first-order valence-corrected chi connectivity index (χ1v) is 6.36. The zero-order chi connectivity index (χ0) is 11.8. The molecule has 1 aromatic rings. The van der Waals surface area contributed by atoms with Gasteiger partial charge >= 0.3 is 0 Å². The Kier molecular flexibility index (Phi) is 2.98. The maximum atomic E-state index is 4.50. The Morgan fingerprint density at radius 3 is 2.56 bits per heavy atom. The highest BCUT2D eigenvalue weighted by atomic mass is 32.2. The van der Waals surface area contributed by atoms with Crippen LogP contribution in [0.2, 0.25) is 0 Å². The molecule has 0 spiro atoms. The summed E-state index contributed by atoms with van der Waals surface area (Å²) >= 11 is 1.81. The zero-order valence-corrected chi connectivity index (χ0v) is 11.1. The molecule has 1 aromatic carbocycles. The maximum Gasteiger partial charge on any atom is 0.161 e. The summed E-state index contributed by atoms with van der Waals surface area (Å²) in [4.78, 5) is 4.50. The van der Waals surface area contributed by atoms with E-state index in [4.69, 9.17) is 0 Å². The number of hydrogen-bond donors (Lipinski definition) is 1. The van der Waals surface area contributed by atoms with Crippen molar-refractivity contribution in [3.8, 4) is 0 Å². The van der Waals surface area contributed by atoms with Gasteiger partial charge in [-0.05, 0) is 51.0 Å². The van der Waals surface area contributed by atoms with Crippen LogP contribution in [0.25, 0.3) is 0 Å². The van der Waals surface area contributed by atoms with Gasteiger partial charge in [0.1, 0.15) is 0 Å². The van der Waals surface area contributed by atoms with Crippen molar-refractivity contribution in [2.45, 2.75) is 32.4 Å². The minimum Gasteiger partial charge on any atom is -0.335 e. The summed E-state index contributed by atoms with van der Waals surface area (Å²) in [5, 5.41) is 4.41. The predicted octanol–water partition coefficient (Wildman–Crippen LogP) is 3.60. The first kappa shape index (κ1) is 11.5. The van der Waals surface area contributed by atoms with Gasteiger partial charge in [0.05, 0.1) is 6.54 Å². The first-order valence-electron chi connectivity index (χ1n) is 5.54. The molecule has 86 valence electrons. The minimum atomic E-state index is 0.238. The molecule has 0 radical (unpaired) electrons. The Morgan fingerprint density at radius 1 is 1.25 bits per heavy atom. The van der Waals surface area contributed by atoms with Crippen LogP contribution in [0.1, 0.15) is 25.0 Å². The number of amidine groups is 1. The van der Waals surface area contributed by atoms with Crippen molar-refractivity contribution in [3.05, 3.63) is 29.3 Å². The lowest BCUT2D eigenvalue weighted by Gasteiger charge is -2.14. The standard InChI is InChI=1S/C13H18N2S/c1-9-5-6-11(7-10(9)2)15-12-14-8-13(3,4)16-12/h5-7H,8H2,1-4H3,(H,14,15). The molecule has 2 nitrogen and oxygen atoms in total. The molecule has 0 unspecified atom stereocenters. The van der Waals surface area contributed by atoms with Gasteiger partial charge in [0, 0.05) is 10.4 Å². The average Bonchev–Trinajstić information content (AvgIpc) is 2.52. The number of rotatable bonds is 1. The molecule has 1 heterocycles. The first-order chi connectivity index (χ1) is 7.46. The van der Waals surface area contributed by atoms with Gasteiger partial charge in [0.25, 0.3) is 0 Å². The Balaban J connectivity index is 2.08. The van der Waals surface area contributed by atoms with Gasteiger partial charge < -0.3 is 5.32 Å². The van der Waals surface area contributed by atoms with Crippen molar-refractivity contribution in [1.82, 2.24) is 0 Å². The fourth-order valence-electron chi connectivity index (χ4n) is 1.60. The third kappa shape index (κ3) is 2.59. The lowest BCUT2D eigenvalue weighted by molar-refractivity contribution is 0.741. The molecule has 1 aliphatic rings. The van der Waals surface area contributed by atoms with E-state index >= 15 is 0 Å². The normalized spacial score (nSPS) is 18.4. The molecule has 0 saturated heterocycles. The van der Waals surface area contributed by atoms with Crippen molar-refractivity contribution in [2.75, 3.05) is 11.9 Å². The lowest BCUT2D eigenvalue weighted by atomic mass is 10.1. The predicted molar refractivity (Wildman–Crippen MR) is 73.5 cm³/mol. The van der Waals surface area contributed by atoms with Crippen molar-refractivity contribution in [2.24, 2.45) is 4.99 Å². The van der Waals surface area contributed by atoms with Gasteiger partial charge in [-0.2, -0.15) is 0 Å². The monoisotopic (exact) mass is 234 g/mol. The van der Waals surface area contributed by atoms with Crippen LogP contribution in [0.4, 0.5) is 5.69 Å². The Labute approximate surface area is 102 Å². The van der Waals surface area contributed by atoms with Gasteiger partial charge in [0.2, 0.25) is 0 Å². The molecule has 3 heteroatoms. The van der Waals surface area contributed by atoms with Crippen LogP contribution in [0.3, 0.4) is 0 Å². The molecule has 0 fully saturated rings. The number of aryl methyl sites for hydroxylation is 2. The summed E-state index contributed by atoms with van der Waals surface area (Å²) in [7, 11) is 0. The number of nitrogens with zero attached hydrogens (tertiary/aromatic N) is 1. The summed E-state index contributed by atoms with van der Waals surface area (Å²) in [5.74, 6) is 0. The molecular formula is C13H18N2S. The van der Waals surface area contributed by atoms with Crippen LogP contribution in [-0.2, 0) is 0 Å². The summed E-state index contributed by atoms with van der Waals surface area (Å²) in [5.41, 5.74) is 3.77. The van der Waals surface area contributed by atoms with Gasteiger partial charge in [-0.1, -0.05) is 17.8 Å². The second kappa shape index (κ2) is 4.13. The van der Waals surface area contributed by atoms with Gasteiger partial charge in [-0.25, -0.2) is 0 Å². The Bertz CT molecular complexity index is 436.